The van der Waals surface area contributed by atoms with Crippen molar-refractivity contribution in [3.05, 3.63) is 20.8 Å². The Morgan fingerprint density at radius 2 is 2.47 bits per heavy atom. The monoisotopic (exact) mass is 321 g/mol. The molecule has 1 rings (SSSR count). The summed E-state index contributed by atoms with van der Waals surface area (Å²) in [7, 11) is 0. The fourth-order valence-corrected chi connectivity index (χ4v) is 2.71. The normalized spacial score (nSPS) is 12.4. The second-order valence-electron chi connectivity index (χ2n) is 3.53. The third kappa shape index (κ3) is 6.16. The third-order valence-electron chi connectivity index (χ3n) is 2.01. The average Bonchev–Trinajstić information content (AvgIpc) is 2.64. The van der Waals surface area contributed by atoms with E-state index in [0.29, 0.717) is 19.7 Å². The first-order valence-corrected chi connectivity index (χ1v) is 7.06. The van der Waals surface area contributed by atoms with Crippen LogP contribution in [0, 0.1) is 0 Å². The minimum absolute atomic E-state index is 0.0367. The minimum Gasteiger partial charge on any atom is -0.466 e. The van der Waals surface area contributed by atoms with Gasteiger partial charge in [0.05, 0.1) is 19.1 Å². The summed E-state index contributed by atoms with van der Waals surface area (Å²) < 4.78 is 5.81. The highest BCUT2D eigenvalue weighted by Gasteiger charge is 2.11. The largest absolute Gasteiger partial charge is 0.466 e. The van der Waals surface area contributed by atoms with E-state index in [1.54, 1.807) is 18.3 Å². The van der Waals surface area contributed by atoms with Crippen molar-refractivity contribution in [2.24, 2.45) is 0 Å². The zero-order valence-electron chi connectivity index (χ0n) is 9.61. The number of carbonyl (C=O) groups is 1. The van der Waals surface area contributed by atoms with Crippen molar-refractivity contribution in [1.82, 2.24) is 5.32 Å². The molecule has 6 heteroatoms. The predicted octanol–water partition coefficient (Wildman–Crippen LogP) is 1.91. The number of rotatable bonds is 7. The molecule has 0 amide bonds. The summed E-state index contributed by atoms with van der Waals surface area (Å²) in [6, 6.07) is 2.02. The molecule has 1 atom stereocenters. The highest BCUT2D eigenvalue weighted by atomic mass is 79.9. The summed E-state index contributed by atoms with van der Waals surface area (Å²) >= 11 is 5.02. The predicted molar refractivity (Wildman–Crippen MR) is 71.0 cm³/mol. The first-order chi connectivity index (χ1) is 8.11. The Morgan fingerprint density at radius 1 is 1.71 bits per heavy atom. The van der Waals surface area contributed by atoms with E-state index in [4.69, 9.17) is 4.74 Å². The fraction of sp³-hybridized carbons (Fsp3) is 0.545. The summed E-state index contributed by atoms with van der Waals surface area (Å²) in [6.45, 7) is 3.17. The van der Waals surface area contributed by atoms with E-state index < -0.39 is 6.10 Å². The molecule has 1 aromatic heterocycles. The number of hydrogen-bond acceptors (Lipinski definition) is 5. The molecule has 0 fully saturated rings. The Balaban J connectivity index is 2.15. The number of aliphatic hydroxyl groups is 1. The summed E-state index contributed by atoms with van der Waals surface area (Å²) in [5.41, 5.74) is 0. The van der Waals surface area contributed by atoms with E-state index in [9.17, 15) is 9.90 Å². The van der Waals surface area contributed by atoms with Crippen molar-refractivity contribution in [2.45, 2.75) is 26.0 Å². The van der Waals surface area contributed by atoms with Gasteiger partial charge in [0.2, 0.25) is 0 Å². The van der Waals surface area contributed by atoms with Crippen molar-refractivity contribution in [1.29, 1.82) is 0 Å². The molecule has 0 aliphatic carbocycles. The standard InChI is InChI=1S/C11H16BrNO3S/c1-2-16-11(15)4-9(14)5-13-6-10-3-8(12)7-17-10/h3,7,9,13-14H,2,4-6H2,1H3. The molecular weight excluding hydrogens is 306 g/mol. The number of aliphatic hydroxyl groups excluding tert-OH is 1. The second kappa shape index (κ2) is 7.81. The number of carbonyl (C=O) groups excluding carboxylic acids is 1. The molecule has 0 bridgehead atoms. The van der Waals surface area contributed by atoms with Crippen LogP contribution >= 0.6 is 27.3 Å². The molecule has 1 unspecified atom stereocenters. The van der Waals surface area contributed by atoms with Gasteiger partial charge in [0.15, 0.2) is 0 Å². The van der Waals surface area contributed by atoms with E-state index in [1.807, 2.05) is 11.4 Å². The Hall–Kier alpha value is -0.430. The summed E-state index contributed by atoms with van der Waals surface area (Å²) in [6.07, 6.45) is -0.660. The average molecular weight is 322 g/mol. The van der Waals surface area contributed by atoms with Crippen LogP contribution in [-0.4, -0.2) is 30.3 Å². The van der Waals surface area contributed by atoms with Crippen LogP contribution in [0.3, 0.4) is 0 Å². The first kappa shape index (κ1) is 14.6. The molecule has 1 heterocycles. The number of esters is 1. The van der Waals surface area contributed by atoms with Gasteiger partial charge in [-0.05, 0) is 28.9 Å². The Morgan fingerprint density at radius 3 is 3.06 bits per heavy atom. The van der Waals surface area contributed by atoms with Gasteiger partial charge in [-0.15, -0.1) is 11.3 Å². The third-order valence-corrected chi connectivity index (χ3v) is 3.71. The van der Waals surface area contributed by atoms with Gasteiger partial charge in [-0.3, -0.25) is 4.79 Å². The van der Waals surface area contributed by atoms with Crippen LogP contribution in [0.2, 0.25) is 0 Å². The zero-order valence-corrected chi connectivity index (χ0v) is 12.0. The zero-order chi connectivity index (χ0) is 12.7. The van der Waals surface area contributed by atoms with Crippen LogP contribution in [0.15, 0.2) is 15.9 Å². The van der Waals surface area contributed by atoms with E-state index in [0.717, 1.165) is 4.47 Å². The van der Waals surface area contributed by atoms with Crippen LogP contribution in [0.25, 0.3) is 0 Å². The van der Waals surface area contributed by atoms with Crippen molar-refractivity contribution >= 4 is 33.2 Å². The van der Waals surface area contributed by atoms with Crippen LogP contribution in [-0.2, 0) is 16.1 Å². The highest BCUT2D eigenvalue weighted by Crippen LogP contribution is 2.19. The maximum atomic E-state index is 11.1. The molecule has 0 saturated carbocycles. The molecular formula is C11H16BrNO3S. The molecule has 0 aliphatic rings. The van der Waals surface area contributed by atoms with Crippen molar-refractivity contribution in [3.63, 3.8) is 0 Å². The van der Waals surface area contributed by atoms with Crippen LogP contribution in [0.1, 0.15) is 18.2 Å². The molecule has 1 aromatic rings. The minimum atomic E-state index is -0.697. The van der Waals surface area contributed by atoms with E-state index in [-0.39, 0.29) is 12.4 Å². The molecule has 0 saturated heterocycles. The molecule has 96 valence electrons. The second-order valence-corrected chi connectivity index (χ2v) is 5.44. The lowest BCUT2D eigenvalue weighted by atomic mass is 10.2. The van der Waals surface area contributed by atoms with Gasteiger partial charge >= 0.3 is 5.97 Å². The summed E-state index contributed by atoms with van der Waals surface area (Å²) in [5.74, 6) is -0.360. The van der Waals surface area contributed by atoms with Gasteiger partial charge in [-0.1, -0.05) is 0 Å². The number of nitrogens with one attached hydrogen (secondary N) is 1. The van der Waals surface area contributed by atoms with Gasteiger partial charge < -0.3 is 15.2 Å². The van der Waals surface area contributed by atoms with Gasteiger partial charge in [-0.25, -0.2) is 0 Å². The summed E-state index contributed by atoms with van der Waals surface area (Å²) in [5, 5.41) is 14.7. The maximum absolute atomic E-state index is 11.1. The maximum Gasteiger partial charge on any atom is 0.308 e. The van der Waals surface area contributed by atoms with Crippen LogP contribution in [0.5, 0.6) is 0 Å². The van der Waals surface area contributed by atoms with Crippen molar-refractivity contribution in [3.8, 4) is 0 Å². The molecule has 4 nitrogen and oxygen atoms in total. The van der Waals surface area contributed by atoms with Gasteiger partial charge in [0, 0.05) is 27.8 Å². The molecule has 17 heavy (non-hydrogen) atoms. The summed E-state index contributed by atoms with van der Waals surface area (Å²) in [4.78, 5) is 12.3. The van der Waals surface area contributed by atoms with Crippen LogP contribution in [0.4, 0.5) is 0 Å². The van der Waals surface area contributed by atoms with Crippen molar-refractivity contribution in [2.75, 3.05) is 13.2 Å². The Kier molecular flexibility index (Phi) is 6.72. The van der Waals surface area contributed by atoms with Gasteiger partial charge in [0.1, 0.15) is 0 Å². The highest BCUT2D eigenvalue weighted by molar-refractivity contribution is 9.10. The first-order valence-electron chi connectivity index (χ1n) is 5.39. The van der Waals surface area contributed by atoms with Gasteiger partial charge in [-0.2, -0.15) is 0 Å². The Labute approximate surface area is 113 Å². The van der Waals surface area contributed by atoms with E-state index in [2.05, 4.69) is 21.2 Å². The number of hydrogen-bond donors (Lipinski definition) is 2. The molecule has 2 N–H and O–H groups in total. The van der Waals surface area contributed by atoms with Gasteiger partial charge in [0.25, 0.3) is 0 Å². The molecule has 0 aromatic carbocycles. The lowest BCUT2D eigenvalue weighted by Gasteiger charge is -2.10. The molecule has 0 spiro atoms. The topological polar surface area (TPSA) is 58.6 Å². The lowest BCUT2D eigenvalue weighted by Crippen LogP contribution is -2.28. The number of ether oxygens (including phenoxy) is 1. The number of thiophene rings is 1. The SMILES string of the molecule is CCOC(=O)CC(O)CNCc1cc(Br)cs1. The quantitative estimate of drug-likeness (QED) is 0.753. The van der Waals surface area contributed by atoms with Crippen LogP contribution < -0.4 is 5.32 Å². The smallest absolute Gasteiger partial charge is 0.308 e. The lowest BCUT2D eigenvalue weighted by molar-refractivity contribution is -0.145. The number of halogens is 1. The Bertz CT molecular complexity index is 356. The fourth-order valence-electron chi connectivity index (χ4n) is 1.29. The molecule has 0 radical (unpaired) electrons. The van der Waals surface area contributed by atoms with E-state index >= 15 is 0 Å². The molecule has 0 aliphatic heterocycles. The van der Waals surface area contributed by atoms with E-state index in [1.165, 1.54) is 4.88 Å². The van der Waals surface area contributed by atoms with Crippen molar-refractivity contribution < 1.29 is 14.6 Å².